The van der Waals surface area contributed by atoms with E-state index in [1.807, 2.05) is 11.8 Å². The zero-order valence-electron chi connectivity index (χ0n) is 29.0. The van der Waals surface area contributed by atoms with Crippen LogP contribution in [0.5, 0.6) is 0 Å². The predicted octanol–water partition coefficient (Wildman–Crippen LogP) is 12.5. The van der Waals surface area contributed by atoms with E-state index in [1.54, 1.807) is 0 Å². The second-order valence-corrected chi connectivity index (χ2v) is 16.0. The van der Waals surface area contributed by atoms with Crippen molar-refractivity contribution in [2.45, 2.75) is 83.8 Å². The minimum atomic E-state index is -0.192. The van der Waals surface area contributed by atoms with Crippen LogP contribution in [0.4, 0.5) is 5.69 Å². The van der Waals surface area contributed by atoms with E-state index in [-0.39, 0.29) is 10.8 Å². The van der Waals surface area contributed by atoms with Crippen LogP contribution in [-0.2, 0) is 10.8 Å². The van der Waals surface area contributed by atoms with Gasteiger partial charge in [-0.3, -0.25) is 0 Å². The summed E-state index contributed by atoms with van der Waals surface area (Å²) < 4.78 is 0. The Kier molecular flexibility index (Phi) is 8.72. The molecule has 1 aliphatic heterocycles. The topological polar surface area (TPSA) is 3.24 Å². The lowest BCUT2D eigenvalue weighted by Crippen LogP contribution is -2.22. The molecule has 0 saturated heterocycles. The molecule has 0 radical (unpaired) electrons. The molecule has 4 aromatic carbocycles. The van der Waals surface area contributed by atoms with Crippen LogP contribution >= 0.6 is 11.8 Å². The zero-order valence-corrected chi connectivity index (χ0v) is 29.8. The Hall–Kier alpha value is -3.75. The number of anilines is 1. The van der Waals surface area contributed by atoms with Crippen molar-refractivity contribution in [1.29, 1.82) is 0 Å². The SMILES string of the molecule is C=C(/C=C/C1=C(SC(C)C)C(=C/C=C2/N(C)c3ccc4ccccc4c3C2(C)C)/CCC1)C(C)(C)c1c(C)ccc2ccccc12. The second-order valence-electron chi connectivity index (χ2n) is 14.4. The summed E-state index contributed by atoms with van der Waals surface area (Å²) in [6.45, 7) is 20.9. The molecule has 0 spiro atoms. The minimum Gasteiger partial charge on any atom is -0.347 e. The van der Waals surface area contributed by atoms with Gasteiger partial charge in [0.2, 0.25) is 0 Å². The minimum absolute atomic E-state index is 0.0858. The fourth-order valence-electron chi connectivity index (χ4n) is 7.76. The Labute approximate surface area is 281 Å². The van der Waals surface area contributed by atoms with Gasteiger partial charge in [-0.1, -0.05) is 133 Å². The standard InChI is InChI=1S/C44H49NS/c1-29(2)46-42-34(24-22-31(4)43(5,6)40-30(3)21-23-32-15-10-12-19-36(32)40)17-14-18-35(42)26-28-39-44(7,8)41-37-20-13-11-16-33(37)25-27-38(41)45(39)9/h10-13,15-16,19-29H,4,14,17-18H2,1-3,5-9H3/b24-22+,35-26+,39-28+. The van der Waals surface area contributed by atoms with Gasteiger partial charge in [0.25, 0.3) is 0 Å². The summed E-state index contributed by atoms with van der Waals surface area (Å²) in [6.07, 6.45) is 12.9. The molecule has 1 heterocycles. The number of aryl methyl sites for hydroxylation is 1. The van der Waals surface area contributed by atoms with Gasteiger partial charge >= 0.3 is 0 Å². The van der Waals surface area contributed by atoms with E-state index < -0.39 is 0 Å². The molecular weight excluding hydrogens is 575 g/mol. The molecule has 1 nitrogen and oxygen atoms in total. The molecule has 0 unspecified atom stereocenters. The van der Waals surface area contributed by atoms with Gasteiger partial charge in [0.05, 0.1) is 0 Å². The molecule has 1 aliphatic carbocycles. The van der Waals surface area contributed by atoms with E-state index in [9.17, 15) is 0 Å². The smallest absolute Gasteiger partial charge is 0.0454 e. The van der Waals surface area contributed by atoms with Crippen LogP contribution < -0.4 is 4.90 Å². The van der Waals surface area contributed by atoms with Crippen molar-refractivity contribution in [3.05, 3.63) is 148 Å². The highest BCUT2D eigenvalue weighted by Gasteiger charge is 2.39. The highest BCUT2D eigenvalue weighted by Crippen LogP contribution is 2.50. The number of likely N-dealkylation sites (N-methyl/N-ethyl adjacent to an activating group) is 1. The largest absolute Gasteiger partial charge is 0.347 e. The zero-order chi connectivity index (χ0) is 32.8. The van der Waals surface area contributed by atoms with Gasteiger partial charge in [-0.25, -0.2) is 0 Å². The Morgan fingerprint density at radius 2 is 1.54 bits per heavy atom. The molecule has 4 aromatic rings. The van der Waals surface area contributed by atoms with E-state index in [1.165, 1.54) is 72.1 Å². The second kappa shape index (κ2) is 12.5. The van der Waals surface area contributed by atoms with Gasteiger partial charge in [-0.15, -0.1) is 11.8 Å². The van der Waals surface area contributed by atoms with Crippen molar-refractivity contribution < 1.29 is 0 Å². The summed E-state index contributed by atoms with van der Waals surface area (Å²) in [5.41, 5.74) is 10.6. The van der Waals surface area contributed by atoms with Crippen molar-refractivity contribution in [2.24, 2.45) is 0 Å². The van der Waals surface area contributed by atoms with Crippen LogP contribution in [0.2, 0.25) is 0 Å². The molecule has 46 heavy (non-hydrogen) atoms. The lowest BCUT2D eigenvalue weighted by molar-refractivity contribution is 0.643. The van der Waals surface area contributed by atoms with Crippen LogP contribution in [0, 0.1) is 6.92 Å². The summed E-state index contributed by atoms with van der Waals surface area (Å²) in [7, 11) is 2.23. The third kappa shape index (κ3) is 5.71. The van der Waals surface area contributed by atoms with Crippen LogP contribution in [0.3, 0.4) is 0 Å². The van der Waals surface area contributed by atoms with E-state index in [0.717, 1.165) is 18.4 Å². The molecular formula is C44H49NS. The maximum absolute atomic E-state index is 4.65. The summed E-state index contributed by atoms with van der Waals surface area (Å²) in [4.78, 5) is 3.85. The fraction of sp³-hybridized carbons (Fsp3) is 0.318. The average Bonchev–Trinajstić information content (AvgIpc) is 3.23. The Morgan fingerprint density at radius 1 is 0.891 bits per heavy atom. The van der Waals surface area contributed by atoms with Gasteiger partial charge in [0.1, 0.15) is 0 Å². The molecule has 2 heteroatoms. The monoisotopic (exact) mass is 623 g/mol. The Balaban J connectivity index is 1.36. The van der Waals surface area contributed by atoms with Gasteiger partial charge in [0, 0.05) is 39.4 Å². The normalized spacial score (nSPS) is 18.6. The van der Waals surface area contributed by atoms with Crippen molar-refractivity contribution in [3.63, 3.8) is 0 Å². The van der Waals surface area contributed by atoms with Crippen molar-refractivity contribution in [1.82, 2.24) is 0 Å². The van der Waals surface area contributed by atoms with Crippen LogP contribution in [-0.4, -0.2) is 12.3 Å². The van der Waals surface area contributed by atoms with Gasteiger partial charge in [-0.2, -0.15) is 0 Å². The summed E-state index contributed by atoms with van der Waals surface area (Å²) in [5.74, 6) is 0. The first-order valence-corrected chi connectivity index (χ1v) is 17.7. The lowest BCUT2D eigenvalue weighted by Gasteiger charge is -2.30. The third-order valence-electron chi connectivity index (χ3n) is 10.2. The predicted molar refractivity (Wildman–Crippen MR) is 205 cm³/mol. The van der Waals surface area contributed by atoms with Crippen LogP contribution in [0.15, 0.2) is 131 Å². The molecule has 0 aromatic heterocycles. The fourth-order valence-corrected chi connectivity index (χ4v) is 8.88. The van der Waals surface area contributed by atoms with Crippen molar-refractivity contribution in [3.8, 4) is 0 Å². The highest BCUT2D eigenvalue weighted by molar-refractivity contribution is 8.03. The highest BCUT2D eigenvalue weighted by atomic mass is 32.2. The average molecular weight is 624 g/mol. The summed E-state index contributed by atoms with van der Waals surface area (Å²) in [6, 6.07) is 26.6. The van der Waals surface area contributed by atoms with Crippen LogP contribution in [0.1, 0.15) is 77.5 Å². The molecule has 0 N–H and O–H groups in total. The third-order valence-corrected chi connectivity index (χ3v) is 11.4. The Bertz CT molecular complexity index is 1960. The van der Waals surface area contributed by atoms with E-state index in [4.69, 9.17) is 0 Å². The molecule has 0 bridgehead atoms. The first-order chi connectivity index (χ1) is 21.9. The summed E-state index contributed by atoms with van der Waals surface area (Å²) >= 11 is 2.01. The van der Waals surface area contributed by atoms with Crippen LogP contribution in [0.25, 0.3) is 21.5 Å². The first-order valence-electron chi connectivity index (χ1n) is 16.8. The molecule has 0 atom stereocenters. The molecule has 0 fully saturated rings. The molecule has 0 amide bonds. The van der Waals surface area contributed by atoms with Crippen molar-refractivity contribution in [2.75, 3.05) is 11.9 Å². The first kappa shape index (κ1) is 32.2. The number of rotatable bonds is 7. The summed E-state index contributed by atoms with van der Waals surface area (Å²) in [5, 5.41) is 5.78. The number of nitrogens with zero attached hydrogens (tertiary/aromatic N) is 1. The lowest BCUT2D eigenvalue weighted by atomic mass is 9.74. The molecule has 6 rings (SSSR count). The number of benzene rings is 4. The maximum Gasteiger partial charge on any atom is 0.0454 e. The number of hydrogen-bond donors (Lipinski definition) is 0. The maximum atomic E-state index is 4.65. The van der Waals surface area contributed by atoms with E-state index in [2.05, 4.69) is 164 Å². The quantitative estimate of drug-likeness (QED) is 0.188. The molecule has 0 saturated carbocycles. The Morgan fingerprint density at radius 3 is 2.26 bits per heavy atom. The molecule has 236 valence electrons. The van der Waals surface area contributed by atoms with Gasteiger partial charge in [-0.05, 0) is 93.3 Å². The molecule has 2 aliphatic rings. The van der Waals surface area contributed by atoms with Gasteiger partial charge < -0.3 is 4.90 Å². The van der Waals surface area contributed by atoms with E-state index in [0.29, 0.717) is 5.25 Å². The number of allylic oxidation sites excluding steroid dienone is 8. The number of thioether (sulfide) groups is 1. The van der Waals surface area contributed by atoms with Gasteiger partial charge in [0.15, 0.2) is 0 Å². The van der Waals surface area contributed by atoms with Crippen molar-refractivity contribution >= 4 is 39.0 Å². The number of fused-ring (bicyclic) bond motifs is 4. The van der Waals surface area contributed by atoms with E-state index >= 15 is 0 Å². The number of hydrogen-bond acceptors (Lipinski definition) is 2.